The number of aromatic nitrogens is 5. The number of carbonyl (C=O) groups excluding carboxylic acids is 2. The average molecular weight is 372 g/mol. The molecule has 2 heterocycles. The molecule has 0 bridgehead atoms. The van der Waals surface area contributed by atoms with E-state index >= 15 is 0 Å². The molecule has 0 aliphatic rings. The molecule has 0 atom stereocenters. The summed E-state index contributed by atoms with van der Waals surface area (Å²) in [6.45, 7) is 4.02. The quantitative estimate of drug-likeness (QED) is 0.680. The lowest BCUT2D eigenvalue weighted by atomic mass is 10.2. The number of amides is 1. The maximum absolute atomic E-state index is 12.5. The molecule has 0 unspecified atom stereocenters. The van der Waals surface area contributed by atoms with E-state index in [0.29, 0.717) is 23.5 Å². The number of anilines is 1. The highest BCUT2D eigenvalue weighted by Crippen LogP contribution is 2.15. The fraction of sp³-hybridized carbons (Fsp3) is 0.250. The summed E-state index contributed by atoms with van der Waals surface area (Å²) < 4.78 is 14.6. The molecule has 0 aliphatic heterocycles. The van der Waals surface area contributed by atoms with Gasteiger partial charge >= 0.3 is 5.97 Å². The summed E-state index contributed by atoms with van der Waals surface area (Å²) in [4.78, 5) is 24.1. The first-order chi connectivity index (χ1) is 12.5. The maximum Gasteiger partial charge on any atom is 0.337 e. The smallest absolute Gasteiger partial charge is 0.337 e. The van der Waals surface area contributed by atoms with E-state index in [4.69, 9.17) is 0 Å². The Hall–Kier alpha value is -3.14. The van der Waals surface area contributed by atoms with Crippen molar-refractivity contribution in [2.24, 2.45) is 0 Å². The number of aryl methyl sites for hydroxylation is 1. The first kappa shape index (κ1) is 17.7. The second-order valence-electron chi connectivity index (χ2n) is 5.50. The Bertz CT molecular complexity index is 965. The number of hydrogen-bond acceptors (Lipinski definition) is 8. The number of carbonyl (C=O) groups is 2. The van der Waals surface area contributed by atoms with Crippen LogP contribution in [0.1, 0.15) is 37.9 Å². The van der Waals surface area contributed by atoms with E-state index in [1.807, 2.05) is 6.92 Å². The highest BCUT2D eigenvalue weighted by molar-refractivity contribution is 6.99. The van der Waals surface area contributed by atoms with Crippen LogP contribution >= 0.6 is 11.7 Å². The van der Waals surface area contributed by atoms with Gasteiger partial charge in [-0.25, -0.2) is 9.48 Å². The summed E-state index contributed by atoms with van der Waals surface area (Å²) in [5, 5.41) is 10.7. The van der Waals surface area contributed by atoms with Crippen LogP contribution in [0, 0.1) is 13.8 Å². The molecule has 0 radical (unpaired) electrons. The van der Waals surface area contributed by atoms with Crippen LogP contribution in [0.5, 0.6) is 0 Å². The Kier molecular flexibility index (Phi) is 5.03. The Labute approximate surface area is 153 Å². The van der Waals surface area contributed by atoms with Gasteiger partial charge in [0.1, 0.15) is 0 Å². The largest absolute Gasteiger partial charge is 0.465 e. The topological polar surface area (TPSA) is 112 Å². The zero-order valence-electron chi connectivity index (χ0n) is 14.4. The molecule has 26 heavy (non-hydrogen) atoms. The number of hydrogen-bond donors (Lipinski definition) is 1. The lowest BCUT2D eigenvalue weighted by molar-refractivity contribution is 0.0600. The van der Waals surface area contributed by atoms with Crippen LogP contribution in [-0.2, 0) is 11.3 Å². The van der Waals surface area contributed by atoms with Gasteiger partial charge in [-0.1, -0.05) is 11.3 Å². The summed E-state index contributed by atoms with van der Waals surface area (Å²) in [6, 6.07) is 6.47. The third kappa shape index (κ3) is 3.59. The van der Waals surface area contributed by atoms with Crippen LogP contribution in [0.15, 0.2) is 24.3 Å². The predicted molar refractivity (Wildman–Crippen MR) is 94.2 cm³/mol. The molecule has 1 aromatic carbocycles. The van der Waals surface area contributed by atoms with Gasteiger partial charge in [0.25, 0.3) is 5.91 Å². The monoisotopic (exact) mass is 372 g/mol. The molecule has 0 aliphatic carbocycles. The Balaban J connectivity index is 1.77. The van der Waals surface area contributed by atoms with Crippen LogP contribution in [-0.4, -0.2) is 42.7 Å². The van der Waals surface area contributed by atoms with Gasteiger partial charge in [0.15, 0.2) is 5.69 Å². The van der Waals surface area contributed by atoms with Gasteiger partial charge in [0.05, 0.1) is 48.0 Å². The molecule has 1 N–H and O–H groups in total. The van der Waals surface area contributed by atoms with Crippen molar-refractivity contribution in [2.45, 2.75) is 20.4 Å². The molecule has 10 heteroatoms. The van der Waals surface area contributed by atoms with Crippen molar-refractivity contribution in [2.75, 3.05) is 12.4 Å². The van der Waals surface area contributed by atoms with E-state index in [0.717, 1.165) is 23.1 Å². The third-order valence-electron chi connectivity index (χ3n) is 3.79. The van der Waals surface area contributed by atoms with Gasteiger partial charge < -0.3 is 10.1 Å². The minimum atomic E-state index is -0.476. The van der Waals surface area contributed by atoms with Gasteiger partial charge in [0, 0.05) is 5.69 Å². The molecule has 9 nitrogen and oxygen atoms in total. The predicted octanol–water partition coefficient (Wildman–Crippen LogP) is 1.83. The number of rotatable bonds is 5. The van der Waals surface area contributed by atoms with Crippen LogP contribution in [0.25, 0.3) is 0 Å². The molecule has 2 aromatic heterocycles. The second-order valence-corrected chi connectivity index (χ2v) is 6.03. The van der Waals surface area contributed by atoms with E-state index in [-0.39, 0.29) is 5.69 Å². The number of benzene rings is 1. The highest BCUT2D eigenvalue weighted by Gasteiger charge is 2.18. The van der Waals surface area contributed by atoms with E-state index in [9.17, 15) is 9.59 Å². The molecule has 3 aromatic rings. The summed E-state index contributed by atoms with van der Waals surface area (Å²) in [5.74, 6) is -0.889. The summed E-state index contributed by atoms with van der Waals surface area (Å²) in [6.07, 6.45) is 0. The van der Waals surface area contributed by atoms with Crippen LogP contribution in [0.2, 0.25) is 0 Å². The minimum Gasteiger partial charge on any atom is -0.465 e. The third-order valence-corrected chi connectivity index (χ3v) is 4.44. The van der Waals surface area contributed by atoms with E-state index in [2.05, 4.69) is 29.1 Å². The standard InChI is InChI=1S/C16H16N6O3S/c1-9-13(20-26-19-9)8-22-10(2)14(18-21-22)15(23)17-12-6-4-5-11(7-12)16(24)25-3/h4-7H,8H2,1-3H3,(H,17,23). The van der Waals surface area contributed by atoms with Crippen LogP contribution in [0.4, 0.5) is 5.69 Å². The second kappa shape index (κ2) is 7.40. The van der Waals surface area contributed by atoms with Gasteiger partial charge in [-0.3, -0.25) is 4.79 Å². The number of esters is 1. The highest BCUT2D eigenvalue weighted by atomic mass is 32.1. The van der Waals surface area contributed by atoms with E-state index < -0.39 is 11.9 Å². The molecule has 0 saturated heterocycles. The van der Waals surface area contributed by atoms with Gasteiger partial charge in [-0.05, 0) is 32.0 Å². The Morgan fingerprint density at radius 2 is 2.08 bits per heavy atom. The minimum absolute atomic E-state index is 0.203. The fourth-order valence-electron chi connectivity index (χ4n) is 2.29. The first-order valence-corrected chi connectivity index (χ1v) is 8.40. The van der Waals surface area contributed by atoms with E-state index in [1.165, 1.54) is 13.2 Å². The Morgan fingerprint density at radius 3 is 2.77 bits per heavy atom. The van der Waals surface area contributed by atoms with Crippen molar-refractivity contribution in [3.05, 3.63) is 52.6 Å². The SMILES string of the molecule is COC(=O)c1cccc(NC(=O)c2nnn(Cc3nsnc3C)c2C)c1. The van der Waals surface area contributed by atoms with Gasteiger partial charge in [-0.15, -0.1) is 5.10 Å². The van der Waals surface area contributed by atoms with Crippen molar-refractivity contribution in [1.82, 2.24) is 23.7 Å². The van der Waals surface area contributed by atoms with Crippen molar-refractivity contribution in [1.29, 1.82) is 0 Å². The molecule has 0 saturated carbocycles. The normalized spacial score (nSPS) is 10.6. The van der Waals surface area contributed by atoms with Crippen LogP contribution in [0.3, 0.4) is 0 Å². The molecule has 134 valence electrons. The van der Waals surface area contributed by atoms with Crippen LogP contribution < -0.4 is 5.32 Å². The molecule has 3 rings (SSSR count). The number of ether oxygens (including phenoxy) is 1. The number of nitrogens with zero attached hydrogens (tertiary/aromatic N) is 5. The first-order valence-electron chi connectivity index (χ1n) is 7.67. The maximum atomic E-state index is 12.5. The molecular weight excluding hydrogens is 356 g/mol. The lowest BCUT2D eigenvalue weighted by Gasteiger charge is -2.06. The van der Waals surface area contributed by atoms with Gasteiger partial charge in [0.2, 0.25) is 0 Å². The number of methoxy groups -OCH3 is 1. The molecule has 0 spiro atoms. The zero-order valence-corrected chi connectivity index (χ0v) is 15.2. The molecule has 0 fully saturated rings. The Morgan fingerprint density at radius 1 is 1.27 bits per heavy atom. The number of nitrogens with one attached hydrogen (secondary N) is 1. The summed E-state index contributed by atoms with van der Waals surface area (Å²) in [7, 11) is 1.30. The summed E-state index contributed by atoms with van der Waals surface area (Å²) >= 11 is 1.13. The van der Waals surface area contributed by atoms with E-state index in [1.54, 1.807) is 29.8 Å². The fourth-order valence-corrected chi connectivity index (χ4v) is 2.84. The molecular formula is C16H16N6O3S. The summed E-state index contributed by atoms with van der Waals surface area (Å²) in [5.41, 5.74) is 3.24. The van der Waals surface area contributed by atoms with Crippen molar-refractivity contribution >= 4 is 29.3 Å². The zero-order chi connectivity index (χ0) is 18.7. The van der Waals surface area contributed by atoms with Crippen molar-refractivity contribution in [3.63, 3.8) is 0 Å². The lowest BCUT2D eigenvalue weighted by Crippen LogP contribution is -2.15. The van der Waals surface area contributed by atoms with Crippen molar-refractivity contribution < 1.29 is 14.3 Å². The average Bonchev–Trinajstić information content (AvgIpc) is 3.21. The van der Waals surface area contributed by atoms with Gasteiger partial charge in [-0.2, -0.15) is 8.75 Å². The molecule has 1 amide bonds. The van der Waals surface area contributed by atoms with Crippen molar-refractivity contribution in [3.8, 4) is 0 Å².